The highest BCUT2D eigenvalue weighted by molar-refractivity contribution is 5.71. The van der Waals surface area contributed by atoms with Crippen LogP contribution in [0.4, 0.5) is 4.79 Å². The van der Waals surface area contributed by atoms with Crippen LogP contribution in [0.3, 0.4) is 0 Å². The van der Waals surface area contributed by atoms with Gasteiger partial charge in [0.1, 0.15) is 6.61 Å². The zero-order chi connectivity index (χ0) is 17.9. The molecule has 0 radical (unpaired) electrons. The largest absolute Gasteiger partial charge is 0.447 e. The molecule has 6 nitrogen and oxygen atoms in total. The molecule has 1 aromatic carbocycles. The maximum atomic E-state index is 12.6. The molecule has 1 aromatic rings. The van der Waals surface area contributed by atoms with Crippen LogP contribution in [-0.4, -0.2) is 49.9 Å². The Labute approximate surface area is 149 Å². The smallest absolute Gasteiger partial charge is 0.410 e. The summed E-state index contributed by atoms with van der Waals surface area (Å²) in [6.07, 6.45) is 2.51. The highest BCUT2D eigenvalue weighted by atomic mass is 16.8. The number of ether oxygens (including phenoxy) is 4. The van der Waals surface area contributed by atoms with E-state index < -0.39 is 12.1 Å². The maximum absolute atomic E-state index is 12.6. The predicted molar refractivity (Wildman–Crippen MR) is 91.9 cm³/mol. The minimum absolute atomic E-state index is 0.144. The fourth-order valence-corrected chi connectivity index (χ4v) is 3.82. The fourth-order valence-electron chi connectivity index (χ4n) is 3.82. The lowest BCUT2D eigenvalue weighted by Crippen LogP contribution is -2.52. The van der Waals surface area contributed by atoms with Crippen molar-refractivity contribution in [1.29, 1.82) is 0 Å². The first kappa shape index (κ1) is 18.2. The third-order valence-electron chi connectivity index (χ3n) is 5.17. The van der Waals surface area contributed by atoms with Crippen LogP contribution < -0.4 is 0 Å². The summed E-state index contributed by atoms with van der Waals surface area (Å²) in [6.45, 7) is 2.46. The van der Waals surface area contributed by atoms with Gasteiger partial charge in [0.25, 0.3) is 0 Å². The summed E-state index contributed by atoms with van der Waals surface area (Å²) in [5.41, 5.74) is 1.05. The second-order valence-corrected chi connectivity index (χ2v) is 6.56. The van der Waals surface area contributed by atoms with Gasteiger partial charge >= 0.3 is 6.09 Å². The average molecular weight is 349 g/mol. The third-order valence-corrected chi connectivity index (χ3v) is 5.17. The van der Waals surface area contributed by atoms with Gasteiger partial charge in [0.15, 0.2) is 12.1 Å². The average Bonchev–Trinajstić information content (AvgIpc) is 3.21. The fraction of sp³-hybridized carbons (Fsp3) is 0.632. The summed E-state index contributed by atoms with van der Waals surface area (Å²) in [7, 11) is 3.25. The number of carbonyl (C=O) groups excluding carboxylic acids is 1. The van der Waals surface area contributed by atoms with Gasteiger partial charge in [-0.15, -0.1) is 0 Å². The summed E-state index contributed by atoms with van der Waals surface area (Å²) in [5, 5.41) is 0. The van der Waals surface area contributed by atoms with Crippen molar-refractivity contribution >= 4 is 6.09 Å². The Balaban J connectivity index is 1.93. The Hall–Kier alpha value is -1.63. The maximum Gasteiger partial charge on any atom is 0.410 e. The van der Waals surface area contributed by atoms with Crippen LogP contribution in [0.5, 0.6) is 0 Å². The molecule has 138 valence electrons. The van der Waals surface area contributed by atoms with Crippen LogP contribution in [0.25, 0.3) is 0 Å². The lowest BCUT2D eigenvalue weighted by atomic mass is 9.96. The SMILES string of the molecule is CCCC[C@@]1(OC)O[C@@H](OC)C[C@H]1N1C(=O)OC[C@H]1c1ccccc1. The number of nitrogens with zero attached hydrogens (tertiary/aromatic N) is 1. The van der Waals surface area contributed by atoms with E-state index in [-0.39, 0.29) is 18.2 Å². The molecule has 0 unspecified atom stereocenters. The number of cyclic esters (lactones) is 1. The first-order chi connectivity index (χ1) is 12.1. The predicted octanol–water partition coefficient (Wildman–Crippen LogP) is 3.47. The molecule has 1 amide bonds. The molecular formula is C19H27NO5. The van der Waals surface area contributed by atoms with E-state index in [1.807, 2.05) is 30.3 Å². The van der Waals surface area contributed by atoms with Crippen molar-refractivity contribution in [3.05, 3.63) is 35.9 Å². The molecule has 0 saturated carbocycles. The number of hydrogen-bond donors (Lipinski definition) is 0. The van der Waals surface area contributed by atoms with Gasteiger partial charge < -0.3 is 18.9 Å². The molecule has 2 aliphatic heterocycles. The second-order valence-electron chi connectivity index (χ2n) is 6.56. The van der Waals surface area contributed by atoms with Gasteiger partial charge in [0.2, 0.25) is 0 Å². The molecule has 0 aromatic heterocycles. The van der Waals surface area contributed by atoms with E-state index in [1.54, 1.807) is 19.1 Å². The van der Waals surface area contributed by atoms with Crippen LogP contribution in [0.2, 0.25) is 0 Å². The molecule has 6 heteroatoms. The molecule has 25 heavy (non-hydrogen) atoms. The van der Waals surface area contributed by atoms with Gasteiger partial charge in [0.05, 0.1) is 12.1 Å². The first-order valence-electron chi connectivity index (χ1n) is 8.91. The second kappa shape index (κ2) is 7.72. The lowest BCUT2D eigenvalue weighted by Gasteiger charge is -2.38. The number of carbonyl (C=O) groups is 1. The standard InChI is InChI=1S/C19H27NO5/c1-4-5-11-19(23-3)16(12-17(22-2)25-19)20-15(13-24-18(20)21)14-9-7-6-8-10-14/h6-10,15-17H,4-5,11-13H2,1-3H3/t15-,16+,17+,19+/m0/s1. The van der Waals surface area contributed by atoms with Gasteiger partial charge in [-0.05, 0) is 12.0 Å². The summed E-state index contributed by atoms with van der Waals surface area (Å²) in [6, 6.07) is 9.54. The highest BCUT2D eigenvalue weighted by Gasteiger charge is 2.56. The molecule has 4 atom stereocenters. The molecule has 2 fully saturated rings. The van der Waals surface area contributed by atoms with Crippen LogP contribution in [0.15, 0.2) is 30.3 Å². The van der Waals surface area contributed by atoms with Crippen LogP contribution in [0.1, 0.15) is 44.2 Å². The summed E-state index contributed by atoms with van der Waals surface area (Å²) in [5.74, 6) is -0.868. The van der Waals surface area contributed by atoms with Crippen molar-refractivity contribution in [2.75, 3.05) is 20.8 Å². The molecule has 2 saturated heterocycles. The van der Waals surface area contributed by atoms with E-state index in [4.69, 9.17) is 18.9 Å². The molecule has 0 bridgehead atoms. The van der Waals surface area contributed by atoms with Crippen molar-refractivity contribution < 1.29 is 23.7 Å². The first-order valence-corrected chi connectivity index (χ1v) is 8.91. The normalized spacial score (nSPS) is 32.2. The Morgan fingerprint density at radius 2 is 2.04 bits per heavy atom. The van der Waals surface area contributed by atoms with Crippen molar-refractivity contribution in [2.45, 2.75) is 56.8 Å². The molecule has 2 aliphatic rings. The molecule has 0 aliphatic carbocycles. The van der Waals surface area contributed by atoms with E-state index in [0.29, 0.717) is 19.4 Å². The zero-order valence-electron chi connectivity index (χ0n) is 15.1. The quantitative estimate of drug-likeness (QED) is 0.754. The van der Waals surface area contributed by atoms with Crippen LogP contribution >= 0.6 is 0 Å². The number of benzene rings is 1. The van der Waals surface area contributed by atoms with E-state index in [2.05, 4.69) is 6.92 Å². The zero-order valence-corrected chi connectivity index (χ0v) is 15.1. The number of methoxy groups -OCH3 is 2. The molecule has 0 N–H and O–H groups in total. The van der Waals surface area contributed by atoms with Crippen molar-refractivity contribution in [3.8, 4) is 0 Å². The molecular weight excluding hydrogens is 322 g/mol. The van der Waals surface area contributed by atoms with E-state index in [9.17, 15) is 4.79 Å². The monoisotopic (exact) mass is 349 g/mol. The van der Waals surface area contributed by atoms with Gasteiger partial charge in [-0.2, -0.15) is 0 Å². The highest BCUT2D eigenvalue weighted by Crippen LogP contribution is 2.44. The number of amides is 1. The van der Waals surface area contributed by atoms with Gasteiger partial charge in [-0.1, -0.05) is 43.7 Å². The van der Waals surface area contributed by atoms with Crippen molar-refractivity contribution in [1.82, 2.24) is 4.90 Å². The Morgan fingerprint density at radius 3 is 2.68 bits per heavy atom. The lowest BCUT2D eigenvalue weighted by molar-refractivity contribution is -0.271. The number of unbranched alkanes of at least 4 members (excludes halogenated alkanes) is 1. The summed E-state index contributed by atoms with van der Waals surface area (Å²) < 4.78 is 22.8. The van der Waals surface area contributed by atoms with Crippen molar-refractivity contribution in [2.24, 2.45) is 0 Å². The third kappa shape index (κ3) is 3.38. The minimum Gasteiger partial charge on any atom is -0.447 e. The Morgan fingerprint density at radius 1 is 1.28 bits per heavy atom. The van der Waals surface area contributed by atoms with Crippen LogP contribution in [-0.2, 0) is 18.9 Å². The Bertz CT molecular complexity index is 580. The minimum atomic E-state index is -0.868. The van der Waals surface area contributed by atoms with Gasteiger partial charge in [-0.3, -0.25) is 4.90 Å². The number of rotatable bonds is 7. The van der Waals surface area contributed by atoms with Crippen LogP contribution in [0, 0.1) is 0 Å². The molecule has 3 rings (SSSR count). The van der Waals surface area contributed by atoms with Gasteiger partial charge in [-0.25, -0.2) is 4.79 Å². The van der Waals surface area contributed by atoms with Crippen molar-refractivity contribution in [3.63, 3.8) is 0 Å². The summed E-state index contributed by atoms with van der Waals surface area (Å²) in [4.78, 5) is 14.4. The van der Waals surface area contributed by atoms with Gasteiger partial charge in [0, 0.05) is 27.1 Å². The van der Waals surface area contributed by atoms with E-state index in [1.165, 1.54) is 0 Å². The topological polar surface area (TPSA) is 57.2 Å². The van der Waals surface area contributed by atoms with E-state index in [0.717, 1.165) is 18.4 Å². The molecule has 0 spiro atoms. The van der Waals surface area contributed by atoms with E-state index >= 15 is 0 Å². The Kier molecular flexibility index (Phi) is 5.61. The number of hydrogen-bond acceptors (Lipinski definition) is 5. The summed E-state index contributed by atoms with van der Waals surface area (Å²) >= 11 is 0. The molecule has 2 heterocycles.